The first-order valence-corrected chi connectivity index (χ1v) is 7.01. The molecule has 0 aliphatic rings. The van der Waals surface area contributed by atoms with Crippen LogP contribution in [0.25, 0.3) is 11.4 Å². The van der Waals surface area contributed by atoms with Crippen molar-refractivity contribution >= 4 is 11.6 Å². The van der Waals surface area contributed by atoms with E-state index in [0.717, 1.165) is 0 Å². The molecule has 0 saturated carbocycles. The molecule has 0 radical (unpaired) electrons. The van der Waals surface area contributed by atoms with Gasteiger partial charge in [-0.05, 0) is 38.1 Å². The summed E-state index contributed by atoms with van der Waals surface area (Å²) in [5.74, 6) is 0.0980. The molecule has 2 N–H and O–H groups in total. The van der Waals surface area contributed by atoms with Gasteiger partial charge in [-0.25, -0.2) is 9.67 Å². The highest BCUT2D eigenvalue weighted by Gasteiger charge is 2.19. The molecule has 3 rings (SSSR count). The predicted molar refractivity (Wildman–Crippen MR) is 82.6 cm³/mol. The van der Waals surface area contributed by atoms with Crippen molar-refractivity contribution in [3.8, 4) is 11.4 Å². The van der Waals surface area contributed by atoms with Gasteiger partial charge in [-0.15, -0.1) is 15.3 Å². The van der Waals surface area contributed by atoms with Gasteiger partial charge in [0.05, 0.1) is 11.2 Å². The van der Waals surface area contributed by atoms with E-state index in [4.69, 9.17) is 0 Å². The Morgan fingerprint density at radius 1 is 1.26 bits per heavy atom. The third-order valence-electron chi connectivity index (χ3n) is 3.14. The maximum atomic E-state index is 12.4. The maximum absolute atomic E-state index is 12.4. The summed E-state index contributed by atoms with van der Waals surface area (Å²) in [7, 11) is 0. The largest absolute Gasteiger partial charge is 0.319 e. The second kappa shape index (κ2) is 5.59. The monoisotopic (exact) mass is 312 g/mol. The summed E-state index contributed by atoms with van der Waals surface area (Å²) >= 11 is 0. The molecule has 9 heteroatoms. The minimum atomic E-state index is -0.399. The molecule has 1 amide bonds. The average Bonchev–Trinajstić information content (AvgIpc) is 3.19. The zero-order chi connectivity index (χ0) is 16.4. The van der Waals surface area contributed by atoms with Gasteiger partial charge >= 0.3 is 0 Å². The lowest BCUT2D eigenvalue weighted by atomic mass is 10.1. The van der Waals surface area contributed by atoms with E-state index < -0.39 is 5.91 Å². The van der Waals surface area contributed by atoms with E-state index in [1.54, 1.807) is 29.2 Å². The first-order chi connectivity index (χ1) is 10.9. The second-order valence-electron chi connectivity index (χ2n) is 5.92. The highest BCUT2D eigenvalue weighted by Crippen LogP contribution is 2.24. The highest BCUT2D eigenvalue weighted by molar-refractivity contribution is 6.03. The molecule has 0 spiro atoms. The van der Waals surface area contributed by atoms with E-state index in [2.05, 4.69) is 36.0 Å². The Morgan fingerprint density at radius 2 is 2.04 bits per heavy atom. The van der Waals surface area contributed by atoms with Crippen LogP contribution in [0.5, 0.6) is 0 Å². The summed E-state index contributed by atoms with van der Waals surface area (Å²) in [5, 5.41) is 20.8. The fourth-order valence-corrected chi connectivity index (χ4v) is 1.93. The molecule has 0 saturated heterocycles. The molecule has 0 unspecified atom stereocenters. The Bertz CT molecular complexity index is 815. The number of hydrogen-bond acceptors (Lipinski definition) is 6. The summed E-state index contributed by atoms with van der Waals surface area (Å²) in [5.41, 5.74) is 0.976. The van der Waals surface area contributed by atoms with Gasteiger partial charge in [0.2, 0.25) is 11.6 Å². The number of aromatic nitrogens is 7. The normalized spacial score (nSPS) is 11.4. The number of tetrazole rings is 1. The molecular formula is C14H16N8O. The van der Waals surface area contributed by atoms with Crippen LogP contribution in [0.1, 0.15) is 31.4 Å². The molecule has 2 aromatic heterocycles. The van der Waals surface area contributed by atoms with Gasteiger partial charge in [0, 0.05) is 5.56 Å². The van der Waals surface area contributed by atoms with Crippen molar-refractivity contribution in [1.82, 2.24) is 35.4 Å². The van der Waals surface area contributed by atoms with E-state index in [9.17, 15) is 4.79 Å². The highest BCUT2D eigenvalue weighted by atomic mass is 16.2. The number of amides is 1. The standard InChI is InChI=1S/C14H16N8O/c1-14(2,3)22-8-15-12(19-22)13(23)16-10-7-5-4-6-9(10)11-17-20-21-18-11/h4-8H,1-3H3,(H,16,23)(H,17,18,20,21). The zero-order valence-corrected chi connectivity index (χ0v) is 13.0. The zero-order valence-electron chi connectivity index (χ0n) is 13.0. The fourth-order valence-electron chi connectivity index (χ4n) is 1.93. The van der Waals surface area contributed by atoms with Crippen LogP contribution in [0.2, 0.25) is 0 Å². The smallest absolute Gasteiger partial charge is 0.295 e. The lowest BCUT2D eigenvalue weighted by Gasteiger charge is -2.17. The number of rotatable bonds is 3. The minimum absolute atomic E-state index is 0.0999. The topological polar surface area (TPSA) is 114 Å². The van der Waals surface area contributed by atoms with Crippen LogP contribution in [-0.4, -0.2) is 41.3 Å². The number of nitrogens with one attached hydrogen (secondary N) is 2. The van der Waals surface area contributed by atoms with E-state index in [1.165, 1.54) is 0 Å². The van der Waals surface area contributed by atoms with Crippen LogP contribution in [0.3, 0.4) is 0 Å². The van der Waals surface area contributed by atoms with Gasteiger partial charge in [-0.1, -0.05) is 12.1 Å². The molecule has 23 heavy (non-hydrogen) atoms. The van der Waals surface area contributed by atoms with Crippen molar-refractivity contribution in [3.05, 3.63) is 36.4 Å². The molecule has 3 aromatic rings. The van der Waals surface area contributed by atoms with Gasteiger partial charge in [0.1, 0.15) is 6.33 Å². The maximum Gasteiger partial charge on any atom is 0.295 e. The lowest BCUT2D eigenvalue weighted by molar-refractivity contribution is 0.101. The van der Waals surface area contributed by atoms with Crippen LogP contribution in [0.15, 0.2) is 30.6 Å². The lowest BCUT2D eigenvalue weighted by Crippen LogP contribution is -2.23. The summed E-state index contributed by atoms with van der Waals surface area (Å²) in [6.45, 7) is 5.94. The molecule has 0 fully saturated rings. The number of aromatic amines is 1. The van der Waals surface area contributed by atoms with E-state index in [1.807, 2.05) is 26.8 Å². The van der Waals surface area contributed by atoms with Gasteiger partial charge in [-0.2, -0.15) is 5.21 Å². The van der Waals surface area contributed by atoms with Crippen molar-refractivity contribution < 1.29 is 4.79 Å². The SMILES string of the molecule is CC(C)(C)n1cnc(C(=O)Nc2ccccc2-c2nn[nH]n2)n1. The van der Waals surface area contributed by atoms with Crippen LogP contribution in [0, 0.1) is 0 Å². The molecule has 0 aliphatic carbocycles. The van der Waals surface area contributed by atoms with Crippen molar-refractivity contribution in [2.45, 2.75) is 26.3 Å². The number of nitrogens with zero attached hydrogens (tertiary/aromatic N) is 6. The van der Waals surface area contributed by atoms with Crippen molar-refractivity contribution in [2.24, 2.45) is 0 Å². The van der Waals surface area contributed by atoms with Crippen molar-refractivity contribution in [1.29, 1.82) is 0 Å². The molecule has 0 bridgehead atoms. The van der Waals surface area contributed by atoms with Crippen LogP contribution < -0.4 is 5.32 Å². The van der Waals surface area contributed by atoms with Gasteiger partial charge in [0.15, 0.2) is 0 Å². The molecule has 118 valence electrons. The Kier molecular flexibility index (Phi) is 3.61. The van der Waals surface area contributed by atoms with E-state index >= 15 is 0 Å². The summed E-state index contributed by atoms with van der Waals surface area (Å²) in [4.78, 5) is 16.4. The van der Waals surface area contributed by atoms with Crippen LogP contribution in [0.4, 0.5) is 5.69 Å². The van der Waals surface area contributed by atoms with E-state index in [-0.39, 0.29) is 11.4 Å². The number of benzene rings is 1. The number of anilines is 1. The number of H-pyrrole nitrogens is 1. The molecule has 0 atom stereocenters. The first kappa shape index (κ1) is 14.8. The molecule has 9 nitrogen and oxygen atoms in total. The number of hydrogen-bond donors (Lipinski definition) is 2. The Morgan fingerprint density at radius 3 is 2.70 bits per heavy atom. The second-order valence-corrected chi connectivity index (χ2v) is 5.92. The third kappa shape index (κ3) is 3.07. The minimum Gasteiger partial charge on any atom is -0.319 e. The van der Waals surface area contributed by atoms with E-state index in [0.29, 0.717) is 17.1 Å². The quantitative estimate of drug-likeness (QED) is 0.757. The molecule has 1 aromatic carbocycles. The fraction of sp³-hybridized carbons (Fsp3) is 0.286. The number of carbonyl (C=O) groups excluding carboxylic acids is 1. The average molecular weight is 312 g/mol. The van der Waals surface area contributed by atoms with Crippen LogP contribution in [-0.2, 0) is 5.54 Å². The number of para-hydroxylation sites is 1. The summed E-state index contributed by atoms with van der Waals surface area (Å²) in [6, 6.07) is 7.18. The third-order valence-corrected chi connectivity index (χ3v) is 3.14. The predicted octanol–water partition coefficient (Wildman–Crippen LogP) is 1.47. The Hall–Kier alpha value is -3.10. The molecule has 2 heterocycles. The van der Waals surface area contributed by atoms with Gasteiger partial charge in [-0.3, -0.25) is 4.79 Å². The molecular weight excluding hydrogens is 296 g/mol. The Labute approximate surface area is 132 Å². The van der Waals surface area contributed by atoms with Gasteiger partial charge < -0.3 is 5.32 Å². The first-order valence-electron chi connectivity index (χ1n) is 7.01. The van der Waals surface area contributed by atoms with Gasteiger partial charge in [0.25, 0.3) is 5.91 Å². The van der Waals surface area contributed by atoms with Crippen molar-refractivity contribution in [3.63, 3.8) is 0 Å². The summed E-state index contributed by atoms with van der Waals surface area (Å²) in [6.07, 6.45) is 1.54. The summed E-state index contributed by atoms with van der Waals surface area (Å²) < 4.78 is 1.65. The number of carbonyl (C=O) groups is 1. The Balaban J connectivity index is 1.85. The van der Waals surface area contributed by atoms with Crippen LogP contribution >= 0.6 is 0 Å². The molecule has 0 aliphatic heterocycles. The van der Waals surface area contributed by atoms with Crippen molar-refractivity contribution in [2.75, 3.05) is 5.32 Å².